The van der Waals surface area contributed by atoms with Crippen LogP contribution in [0.3, 0.4) is 0 Å². The van der Waals surface area contributed by atoms with Crippen molar-refractivity contribution in [1.82, 2.24) is 0 Å². The van der Waals surface area contributed by atoms with E-state index in [2.05, 4.69) is 0 Å². The lowest BCUT2D eigenvalue weighted by molar-refractivity contribution is 0.0223. The van der Waals surface area contributed by atoms with Crippen molar-refractivity contribution in [1.29, 1.82) is 0 Å². The van der Waals surface area contributed by atoms with E-state index in [1.54, 1.807) is 0 Å². The number of rotatable bonds is 4. The van der Waals surface area contributed by atoms with E-state index < -0.39 is 12.3 Å². The van der Waals surface area contributed by atoms with Gasteiger partial charge >= 0.3 is 12.3 Å². The summed E-state index contributed by atoms with van der Waals surface area (Å²) in [5.41, 5.74) is 0. The zero-order valence-corrected chi connectivity index (χ0v) is 12.8. The molecule has 0 saturated carbocycles. The lowest BCUT2D eigenvalue weighted by Gasteiger charge is -2.16. The van der Waals surface area contributed by atoms with Gasteiger partial charge in [-0.1, -0.05) is 36.4 Å². The smallest absolute Gasteiger partial charge is 0.455 e. The molecule has 0 unspecified atom stereocenters. The number of para-hydroxylation sites is 2. The number of hydrogen-bond donors (Lipinski definition) is 4. The molecule has 0 saturated heterocycles. The Hall–Kier alpha value is -3.42. The zero-order chi connectivity index (χ0) is 18.4. The van der Waals surface area contributed by atoms with Gasteiger partial charge in [-0.15, -0.1) is 0 Å². The van der Waals surface area contributed by atoms with E-state index in [1.807, 2.05) is 67.6 Å². The van der Waals surface area contributed by atoms with Crippen molar-refractivity contribution >= 4 is 12.3 Å². The molecule has 0 spiro atoms. The van der Waals surface area contributed by atoms with Crippen LogP contribution in [-0.2, 0) is 0 Å². The van der Waals surface area contributed by atoms with Crippen LogP contribution in [0.25, 0.3) is 0 Å². The molecule has 8 nitrogen and oxygen atoms in total. The van der Waals surface area contributed by atoms with E-state index in [0.717, 1.165) is 11.5 Å². The Bertz CT molecular complexity index is 524. The van der Waals surface area contributed by atoms with Gasteiger partial charge in [0, 0.05) is 6.92 Å². The fourth-order valence-electron chi connectivity index (χ4n) is 1.41. The molecule has 0 atom stereocenters. The second-order valence-electron chi connectivity index (χ2n) is 3.99. The lowest BCUT2D eigenvalue weighted by Crippen LogP contribution is -2.19. The average Bonchev–Trinajstić information content (AvgIpc) is 2.48. The van der Waals surface area contributed by atoms with Gasteiger partial charge in [0.25, 0.3) is 0 Å². The predicted molar refractivity (Wildman–Crippen MR) is 84.9 cm³/mol. The summed E-state index contributed by atoms with van der Waals surface area (Å²) in [6, 6.07) is 19.3. The van der Waals surface area contributed by atoms with Crippen LogP contribution in [-0.4, -0.2) is 39.0 Å². The van der Waals surface area contributed by atoms with Crippen LogP contribution in [0.5, 0.6) is 11.5 Å². The molecule has 0 bridgehead atoms. The Morgan fingerprint density at radius 1 is 0.708 bits per heavy atom. The van der Waals surface area contributed by atoms with E-state index in [4.69, 9.17) is 39.5 Å². The predicted octanol–water partition coefficient (Wildman–Crippen LogP) is 3.94. The molecule has 24 heavy (non-hydrogen) atoms. The third-order valence-electron chi connectivity index (χ3n) is 2.09. The zero-order valence-electron chi connectivity index (χ0n) is 12.8. The van der Waals surface area contributed by atoms with E-state index >= 15 is 0 Å². The molecule has 0 aliphatic carbocycles. The van der Waals surface area contributed by atoms with Crippen molar-refractivity contribution < 1.29 is 39.5 Å². The summed E-state index contributed by atoms with van der Waals surface area (Å²) >= 11 is 0. The molecule has 8 heteroatoms. The molecule has 2 rings (SSSR count). The topological polar surface area (TPSA) is 134 Å². The summed E-state index contributed by atoms with van der Waals surface area (Å²) in [5, 5.41) is 27.9. The highest BCUT2D eigenvalue weighted by atomic mass is 16.7. The van der Waals surface area contributed by atoms with Gasteiger partial charge in [0.15, 0.2) is 0 Å². The Kier molecular flexibility index (Phi) is 10.4. The van der Waals surface area contributed by atoms with Crippen molar-refractivity contribution in [2.24, 2.45) is 0 Å². The summed E-state index contributed by atoms with van der Waals surface area (Å²) in [4.78, 5) is 17.1. The molecule has 130 valence electrons. The van der Waals surface area contributed by atoms with Crippen molar-refractivity contribution in [3.05, 3.63) is 60.7 Å². The Labute approximate surface area is 138 Å². The SMILES string of the molecule is CC(Oc1ccccc1)Oc1ccccc1.O=C(O)O.O=C(O)O. The van der Waals surface area contributed by atoms with Gasteiger partial charge in [-0.3, -0.25) is 0 Å². The second-order valence-corrected chi connectivity index (χ2v) is 3.99. The van der Waals surface area contributed by atoms with Gasteiger partial charge in [0.1, 0.15) is 11.5 Å². The van der Waals surface area contributed by atoms with Crippen LogP contribution in [0.1, 0.15) is 6.92 Å². The van der Waals surface area contributed by atoms with Crippen LogP contribution < -0.4 is 9.47 Å². The summed E-state index contributed by atoms with van der Waals surface area (Å²) in [6.07, 6.45) is -3.97. The van der Waals surface area contributed by atoms with Gasteiger partial charge in [0.2, 0.25) is 6.29 Å². The Balaban J connectivity index is 0.000000558. The van der Waals surface area contributed by atoms with Crippen LogP contribution in [0.15, 0.2) is 60.7 Å². The van der Waals surface area contributed by atoms with Gasteiger partial charge in [-0.05, 0) is 24.3 Å². The lowest BCUT2D eigenvalue weighted by atomic mass is 10.3. The fraction of sp³-hybridized carbons (Fsp3) is 0.125. The molecule has 0 aromatic heterocycles. The number of ether oxygens (including phenoxy) is 2. The van der Waals surface area contributed by atoms with Crippen molar-refractivity contribution in [2.75, 3.05) is 0 Å². The standard InChI is InChI=1S/C14H14O2.2CH2O3/c1-12(15-13-8-4-2-5-9-13)16-14-10-6-3-7-11-14;2*2-1(3)4/h2-12H,1H3;2*(H2,2,3,4). The normalized spacial score (nSPS) is 8.75. The maximum absolute atomic E-state index is 8.56. The number of benzene rings is 2. The van der Waals surface area contributed by atoms with Crippen molar-refractivity contribution in [2.45, 2.75) is 13.2 Å². The molecule has 0 heterocycles. The Morgan fingerprint density at radius 2 is 0.958 bits per heavy atom. The van der Waals surface area contributed by atoms with Crippen molar-refractivity contribution in [3.63, 3.8) is 0 Å². The van der Waals surface area contributed by atoms with Crippen LogP contribution >= 0.6 is 0 Å². The fourth-order valence-corrected chi connectivity index (χ4v) is 1.41. The molecule has 0 amide bonds. The van der Waals surface area contributed by atoms with Crippen LogP contribution in [0.2, 0.25) is 0 Å². The minimum Gasteiger partial charge on any atom is -0.455 e. The molecule has 0 aliphatic heterocycles. The van der Waals surface area contributed by atoms with Gasteiger partial charge < -0.3 is 29.9 Å². The van der Waals surface area contributed by atoms with Gasteiger partial charge in [-0.2, -0.15) is 0 Å². The first-order valence-corrected chi connectivity index (χ1v) is 6.58. The molecular formula is C16H18O8. The number of hydrogen-bond acceptors (Lipinski definition) is 4. The van der Waals surface area contributed by atoms with Crippen molar-refractivity contribution in [3.8, 4) is 11.5 Å². The monoisotopic (exact) mass is 338 g/mol. The average molecular weight is 338 g/mol. The molecule has 2 aromatic carbocycles. The number of carboxylic acid groups (broad SMARTS) is 4. The van der Waals surface area contributed by atoms with E-state index in [1.165, 1.54) is 0 Å². The quantitative estimate of drug-likeness (QED) is 0.616. The summed E-state index contributed by atoms with van der Waals surface area (Å²) in [6.45, 7) is 1.88. The van der Waals surface area contributed by atoms with E-state index in [9.17, 15) is 0 Å². The highest BCUT2D eigenvalue weighted by Crippen LogP contribution is 2.15. The highest BCUT2D eigenvalue weighted by Gasteiger charge is 2.04. The second kappa shape index (κ2) is 12.2. The van der Waals surface area contributed by atoms with E-state index in [0.29, 0.717) is 0 Å². The molecule has 0 aliphatic rings. The number of carbonyl (C=O) groups is 2. The maximum atomic E-state index is 8.56. The summed E-state index contributed by atoms with van der Waals surface area (Å²) < 4.78 is 11.2. The molecule has 0 fully saturated rings. The first kappa shape index (κ1) is 20.6. The first-order chi connectivity index (χ1) is 11.3. The van der Waals surface area contributed by atoms with Gasteiger partial charge in [-0.25, -0.2) is 9.59 Å². The largest absolute Gasteiger partial charge is 0.503 e. The van der Waals surface area contributed by atoms with Crippen LogP contribution in [0, 0.1) is 0 Å². The van der Waals surface area contributed by atoms with E-state index in [-0.39, 0.29) is 6.29 Å². The van der Waals surface area contributed by atoms with Crippen LogP contribution in [0.4, 0.5) is 9.59 Å². The highest BCUT2D eigenvalue weighted by molar-refractivity contribution is 5.53. The minimum atomic E-state index is -1.83. The first-order valence-electron chi connectivity index (χ1n) is 6.58. The summed E-state index contributed by atoms with van der Waals surface area (Å²) in [7, 11) is 0. The summed E-state index contributed by atoms with van der Waals surface area (Å²) in [5.74, 6) is 1.62. The molecule has 2 aromatic rings. The maximum Gasteiger partial charge on any atom is 0.503 e. The molecule has 0 radical (unpaired) electrons. The molecule has 4 N–H and O–H groups in total. The molecular weight excluding hydrogens is 320 g/mol. The third kappa shape index (κ3) is 13.6. The third-order valence-corrected chi connectivity index (χ3v) is 2.09. The Morgan fingerprint density at radius 3 is 1.21 bits per heavy atom. The van der Waals surface area contributed by atoms with Gasteiger partial charge in [0.05, 0.1) is 0 Å². The minimum absolute atomic E-state index is 0.301.